The standard InChI is InChI=1S/C13H8Br2N2O/c14-8-5-7(16)6-9(15)12(8)13-17-10-3-1-2-4-11(10)18-13/h1-6H,16H2. The Morgan fingerprint density at radius 2 is 1.72 bits per heavy atom. The molecular formula is C13H8Br2N2O. The number of nitrogens with two attached hydrogens (primary N) is 1. The molecule has 2 aromatic carbocycles. The van der Waals surface area contributed by atoms with Crippen molar-refractivity contribution in [3.8, 4) is 11.5 Å². The SMILES string of the molecule is Nc1cc(Br)c(-c2nc3ccccc3o2)c(Br)c1. The van der Waals surface area contributed by atoms with E-state index >= 15 is 0 Å². The van der Waals surface area contributed by atoms with E-state index in [1.807, 2.05) is 36.4 Å². The van der Waals surface area contributed by atoms with Gasteiger partial charge in [0.1, 0.15) is 5.52 Å². The molecule has 0 atom stereocenters. The predicted molar refractivity (Wildman–Crippen MR) is 79.3 cm³/mol. The lowest BCUT2D eigenvalue weighted by atomic mass is 10.2. The molecule has 5 heteroatoms. The van der Waals surface area contributed by atoms with Crippen LogP contribution in [-0.4, -0.2) is 4.98 Å². The zero-order chi connectivity index (χ0) is 12.7. The maximum Gasteiger partial charge on any atom is 0.229 e. The highest BCUT2D eigenvalue weighted by molar-refractivity contribution is 9.11. The molecule has 2 N–H and O–H groups in total. The van der Waals surface area contributed by atoms with Gasteiger partial charge in [0.05, 0.1) is 5.56 Å². The molecule has 0 aliphatic heterocycles. The lowest BCUT2D eigenvalue weighted by Gasteiger charge is -2.04. The summed E-state index contributed by atoms with van der Waals surface area (Å²) in [5, 5.41) is 0. The summed E-state index contributed by atoms with van der Waals surface area (Å²) in [4.78, 5) is 4.47. The maximum atomic E-state index is 5.77. The van der Waals surface area contributed by atoms with Crippen LogP contribution < -0.4 is 5.73 Å². The van der Waals surface area contributed by atoms with E-state index in [9.17, 15) is 0 Å². The van der Waals surface area contributed by atoms with Gasteiger partial charge in [-0.05, 0) is 56.1 Å². The minimum Gasteiger partial charge on any atom is -0.436 e. The van der Waals surface area contributed by atoms with Gasteiger partial charge >= 0.3 is 0 Å². The normalized spacial score (nSPS) is 11.0. The number of hydrogen-bond acceptors (Lipinski definition) is 3. The van der Waals surface area contributed by atoms with Gasteiger partial charge < -0.3 is 10.2 Å². The molecule has 3 aromatic rings. The second-order valence-electron chi connectivity index (χ2n) is 3.85. The van der Waals surface area contributed by atoms with Crippen molar-refractivity contribution >= 4 is 48.6 Å². The van der Waals surface area contributed by atoms with Crippen LogP contribution in [0.3, 0.4) is 0 Å². The zero-order valence-corrected chi connectivity index (χ0v) is 12.3. The molecule has 0 bridgehead atoms. The van der Waals surface area contributed by atoms with E-state index in [-0.39, 0.29) is 0 Å². The van der Waals surface area contributed by atoms with Crippen LogP contribution in [0.15, 0.2) is 49.8 Å². The molecule has 0 radical (unpaired) electrons. The second-order valence-corrected chi connectivity index (χ2v) is 5.55. The van der Waals surface area contributed by atoms with E-state index in [1.54, 1.807) is 0 Å². The molecule has 3 rings (SSSR count). The van der Waals surface area contributed by atoms with Crippen LogP contribution in [0.25, 0.3) is 22.6 Å². The fourth-order valence-electron chi connectivity index (χ4n) is 1.78. The largest absolute Gasteiger partial charge is 0.436 e. The topological polar surface area (TPSA) is 52.0 Å². The van der Waals surface area contributed by atoms with Crippen LogP contribution in [0.1, 0.15) is 0 Å². The summed E-state index contributed by atoms with van der Waals surface area (Å²) >= 11 is 6.96. The fourth-order valence-corrected chi connectivity index (χ4v) is 3.34. The summed E-state index contributed by atoms with van der Waals surface area (Å²) in [6, 6.07) is 11.3. The van der Waals surface area contributed by atoms with Gasteiger partial charge in [0.15, 0.2) is 5.58 Å². The highest BCUT2D eigenvalue weighted by Gasteiger charge is 2.15. The predicted octanol–water partition coefficient (Wildman–Crippen LogP) is 4.60. The van der Waals surface area contributed by atoms with E-state index in [4.69, 9.17) is 10.2 Å². The average molecular weight is 368 g/mol. The van der Waals surface area contributed by atoms with Crippen molar-refractivity contribution < 1.29 is 4.42 Å². The zero-order valence-electron chi connectivity index (χ0n) is 9.15. The van der Waals surface area contributed by atoms with E-state index in [1.165, 1.54) is 0 Å². The number of hydrogen-bond donors (Lipinski definition) is 1. The van der Waals surface area contributed by atoms with E-state index < -0.39 is 0 Å². The first-order chi connectivity index (χ1) is 8.65. The number of para-hydroxylation sites is 2. The smallest absolute Gasteiger partial charge is 0.229 e. The van der Waals surface area contributed by atoms with Gasteiger partial charge in [0.25, 0.3) is 0 Å². The molecule has 0 spiro atoms. The lowest BCUT2D eigenvalue weighted by molar-refractivity contribution is 0.619. The number of nitrogen functional groups attached to an aromatic ring is 1. The quantitative estimate of drug-likeness (QED) is 0.639. The van der Waals surface area contributed by atoms with Crippen molar-refractivity contribution in [3.63, 3.8) is 0 Å². The first kappa shape index (κ1) is 11.7. The summed E-state index contributed by atoms with van der Waals surface area (Å²) < 4.78 is 7.44. The number of halogens is 2. The number of nitrogens with zero attached hydrogens (tertiary/aromatic N) is 1. The number of rotatable bonds is 1. The van der Waals surface area contributed by atoms with Crippen LogP contribution in [0, 0.1) is 0 Å². The van der Waals surface area contributed by atoms with Crippen LogP contribution >= 0.6 is 31.9 Å². The van der Waals surface area contributed by atoms with Gasteiger partial charge in [-0.25, -0.2) is 4.98 Å². The molecule has 3 nitrogen and oxygen atoms in total. The fraction of sp³-hybridized carbons (Fsp3) is 0. The maximum absolute atomic E-state index is 5.77. The number of fused-ring (bicyclic) bond motifs is 1. The minimum absolute atomic E-state index is 0.565. The number of benzene rings is 2. The third-order valence-electron chi connectivity index (χ3n) is 2.57. The number of oxazole rings is 1. The molecule has 0 aliphatic rings. The molecule has 0 amide bonds. The van der Waals surface area contributed by atoms with Crippen molar-refractivity contribution in [2.45, 2.75) is 0 Å². The number of aromatic nitrogens is 1. The van der Waals surface area contributed by atoms with Crippen molar-refractivity contribution in [2.24, 2.45) is 0 Å². The molecule has 1 aromatic heterocycles. The molecule has 0 saturated carbocycles. The summed E-state index contributed by atoms with van der Waals surface area (Å²) in [5.74, 6) is 0.565. The molecule has 18 heavy (non-hydrogen) atoms. The van der Waals surface area contributed by atoms with Crippen LogP contribution in [0.2, 0.25) is 0 Å². The van der Waals surface area contributed by atoms with Crippen LogP contribution in [0.4, 0.5) is 5.69 Å². The second kappa shape index (κ2) is 4.40. The Balaban J connectivity index is 2.26. The Morgan fingerprint density at radius 1 is 1.06 bits per heavy atom. The van der Waals surface area contributed by atoms with Crippen molar-refractivity contribution in [1.82, 2.24) is 4.98 Å². The van der Waals surface area contributed by atoms with Gasteiger partial charge in [-0.15, -0.1) is 0 Å². The molecule has 0 aliphatic carbocycles. The summed E-state index contributed by atoms with van der Waals surface area (Å²) in [6.07, 6.45) is 0. The molecule has 1 heterocycles. The lowest BCUT2D eigenvalue weighted by Crippen LogP contribution is -1.88. The minimum atomic E-state index is 0.565. The van der Waals surface area contributed by atoms with Gasteiger partial charge in [-0.2, -0.15) is 0 Å². The molecule has 0 saturated heterocycles. The molecule has 90 valence electrons. The van der Waals surface area contributed by atoms with Gasteiger partial charge in [0.2, 0.25) is 5.89 Å². The van der Waals surface area contributed by atoms with Crippen molar-refractivity contribution in [2.75, 3.05) is 5.73 Å². The Hall–Kier alpha value is -1.33. The van der Waals surface area contributed by atoms with Gasteiger partial charge in [0, 0.05) is 14.6 Å². The first-order valence-electron chi connectivity index (χ1n) is 5.25. The Kier molecular flexibility index (Phi) is 2.87. The van der Waals surface area contributed by atoms with Crippen LogP contribution in [-0.2, 0) is 0 Å². The van der Waals surface area contributed by atoms with Gasteiger partial charge in [-0.3, -0.25) is 0 Å². The summed E-state index contributed by atoms with van der Waals surface area (Å²) in [7, 11) is 0. The molecule has 0 fully saturated rings. The van der Waals surface area contributed by atoms with E-state index in [2.05, 4.69) is 36.8 Å². The molecular weight excluding hydrogens is 360 g/mol. The van der Waals surface area contributed by atoms with E-state index in [0.717, 1.165) is 25.6 Å². The Labute approximate surface area is 120 Å². The van der Waals surface area contributed by atoms with Gasteiger partial charge in [-0.1, -0.05) is 12.1 Å². The molecule has 0 unspecified atom stereocenters. The Morgan fingerprint density at radius 3 is 2.39 bits per heavy atom. The van der Waals surface area contributed by atoms with E-state index in [0.29, 0.717) is 11.6 Å². The van der Waals surface area contributed by atoms with Crippen molar-refractivity contribution in [3.05, 3.63) is 45.3 Å². The summed E-state index contributed by atoms with van der Waals surface area (Å²) in [6.45, 7) is 0. The monoisotopic (exact) mass is 366 g/mol. The first-order valence-corrected chi connectivity index (χ1v) is 6.84. The average Bonchev–Trinajstić information content (AvgIpc) is 2.70. The highest BCUT2D eigenvalue weighted by Crippen LogP contribution is 2.37. The third-order valence-corrected chi connectivity index (χ3v) is 3.82. The van der Waals surface area contributed by atoms with Crippen molar-refractivity contribution in [1.29, 1.82) is 0 Å². The Bertz CT molecular complexity index is 681. The number of anilines is 1. The van der Waals surface area contributed by atoms with Crippen LogP contribution in [0.5, 0.6) is 0 Å². The summed E-state index contributed by atoms with van der Waals surface area (Å²) in [5.41, 5.74) is 8.91. The third kappa shape index (κ3) is 1.93. The highest BCUT2D eigenvalue weighted by atomic mass is 79.9.